The first-order chi connectivity index (χ1) is 9.49. The van der Waals surface area contributed by atoms with Crippen LogP contribution in [0, 0.1) is 6.92 Å². The summed E-state index contributed by atoms with van der Waals surface area (Å²) in [7, 11) is 0. The van der Waals surface area contributed by atoms with Crippen molar-refractivity contribution in [2.45, 2.75) is 33.4 Å². The number of nitrogens with two attached hydrogens (primary N) is 1. The molecule has 0 aliphatic rings. The molecular formula is C15H19N3O2. The molecule has 0 bridgehead atoms. The Hall–Kier alpha value is -2.30. The fourth-order valence-corrected chi connectivity index (χ4v) is 1.83. The van der Waals surface area contributed by atoms with Gasteiger partial charge in [-0.1, -0.05) is 6.07 Å². The molecular weight excluding hydrogens is 254 g/mol. The molecule has 0 atom stereocenters. The van der Waals surface area contributed by atoms with Crippen molar-refractivity contribution in [3.63, 3.8) is 0 Å². The summed E-state index contributed by atoms with van der Waals surface area (Å²) < 4.78 is 7.10. The highest BCUT2D eigenvalue weighted by Crippen LogP contribution is 2.17. The highest BCUT2D eigenvalue weighted by molar-refractivity contribution is 5.92. The topological polar surface area (TPSA) is 70.1 Å². The average Bonchev–Trinajstić information content (AvgIpc) is 2.88. The summed E-state index contributed by atoms with van der Waals surface area (Å²) in [6.45, 7) is 6.05. The first kappa shape index (κ1) is 14.1. The van der Waals surface area contributed by atoms with Gasteiger partial charge in [-0.05, 0) is 44.5 Å². The molecule has 1 aromatic heterocycles. The second-order valence-electron chi connectivity index (χ2n) is 4.98. The number of rotatable bonds is 4. The number of nitrogens with zero attached hydrogens (tertiary/aromatic N) is 2. The van der Waals surface area contributed by atoms with Gasteiger partial charge >= 0.3 is 5.97 Å². The van der Waals surface area contributed by atoms with Gasteiger partial charge in [0.25, 0.3) is 0 Å². The SMILES string of the molecule is Cc1c(N)cccc1C(=O)OCc1ccn(C(C)C)n1. The van der Waals surface area contributed by atoms with E-state index in [-0.39, 0.29) is 18.6 Å². The Bertz CT molecular complexity index is 617. The number of hydrogen-bond donors (Lipinski definition) is 1. The van der Waals surface area contributed by atoms with Gasteiger partial charge in [0.2, 0.25) is 0 Å². The van der Waals surface area contributed by atoms with Crippen LogP contribution in [0.2, 0.25) is 0 Å². The maximum Gasteiger partial charge on any atom is 0.338 e. The minimum Gasteiger partial charge on any atom is -0.455 e. The van der Waals surface area contributed by atoms with Gasteiger partial charge in [-0.25, -0.2) is 4.79 Å². The number of anilines is 1. The molecule has 0 saturated heterocycles. The zero-order valence-electron chi connectivity index (χ0n) is 12.0. The lowest BCUT2D eigenvalue weighted by molar-refractivity contribution is 0.0466. The molecule has 0 saturated carbocycles. The fraction of sp³-hybridized carbons (Fsp3) is 0.333. The minimum atomic E-state index is -0.381. The molecule has 0 aliphatic heterocycles. The van der Waals surface area contributed by atoms with Crippen molar-refractivity contribution in [3.05, 3.63) is 47.3 Å². The van der Waals surface area contributed by atoms with Crippen LogP contribution in [0.15, 0.2) is 30.5 Å². The van der Waals surface area contributed by atoms with Crippen molar-refractivity contribution in [1.82, 2.24) is 9.78 Å². The van der Waals surface area contributed by atoms with Crippen LogP contribution in [0.5, 0.6) is 0 Å². The van der Waals surface area contributed by atoms with Gasteiger partial charge in [-0.15, -0.1) is 0 Å². The first-order valence-corrected chi connectivity index (χ1v) is 6.55. The van der Waals surface area contributed by atoms with Crippen LogP contribution in [0.4, 0.5) is 5.69 Å². The molecule has 5 heteroatoms. The summed E-state index contributed by atoms with van der Waals surface area (Å²) in [6, 6.07) is 7.35. The zero-order chi connectivity index (χ0) is 14.7. The van der Waals surface area contributed by atoms with E-state index in [1.807, 2.05) is 30.8 Å². The number of ether oxygens (including phenoxy) is 1. The van der Waals surface area contributed by atoms with Crippen molar-refractivity contribution >= 4 is 11.7 Å². The molecule has 1 aromatic carbocycles. The van der Waals surface area contributed by atoms with E-state index in [4.69, 9.17) is 10.5 Å². The molecule has 0 radical (unpaired) electrons. The lowest BCUT2D eigenvalue weighted by atomic mass is 10.1. The normalized spacial score (nSPS) is 10.8. The number of esters is 1. The molecule has 5 nitrogen and oxygen atoms in total. The number of nitrogen functional groups attached to an aromatic ring is 1. The van der Waals surface area contributed by atoms with Gasteiger partial charge in [-0.2, -0.15) is 5.10 Å². The van der Waals surface area contributed by atoms with Crippen LogP contribution in [-0.4, -0.2) is 15.7 Å². The highest BCUT2D eigenvalue weighted by atomic mass is 16.5. The number of hydrogen-bond acceptors (Lipinski definition) is 4. The Morgan fingerprint density at radius 3 is 2.80 bits per heavy atom. The van der Waals surface area contributed by atoms with Crippen LogP contribution >= 0.6 is 0 Å². The third-order valence-corrected chi connectivity index (χ3v) is 3.14. The quantitative estimate of drug-likeness (QED) is 0.687. The third-order valence-electron chi connectivity index (χ3n) is 3.14. The Morgan fingerprint density at radius 2 is 2.15 bits per heavy atom. The largest absolute Gasteiger partial charge is 0.455 e. The predicted octanol–water partition coefficient (Wildman–Crippen LogP) is 2.71. The second kappa shape index (κ2) is 5.77. The van der Waals surface area contributed by atoms with Crippen molar-refractivity contribution in [3.8, 4) is 0 Å². The third kappa shape index (κ3) is 2.99. The standard InChI is InChI=1S/C15H19N3O2/c1-10(2)18-8-7-12(17-18)9-20-15(19)13-5-4-6-14(16)11(13)3/h4-8,10H,9,16H2,1-3H3. The Balaban J connectivity index is 2.03. The van der Waals surface area contributed by atoms with E-state index in [1.54, 1.807) is 25.1 Å². The fourth-order valence-electron chi connectivity index (χ4n) is 1.83. The number of benzene rings is 1. The monoisotopic (exact) mass is 273 g/mol. The van der Waals surface area contributed by atoms with Gasteiger partial charge in [0.15, 0.2) is 0 Å². The van der Waals surface area contributed by atoms with E-state index in [0.717, 1.165) is 11.3 Å². The molecule has 0 fully saturated rings. The summed E-state index contributed by atoms with van der Waals surface area (Å²) >= 11 is 0. The van der Waals surface area contributed by atoms with Gasteiger partial charge in [-0.3, -0.25) is 4.68 Å². The zero-order valence-corrected chi connectivity index (χ0v) is 12.0. The molecule has 2 N–H and O–H groups in total. The van der Waals surface area contributed by atoms with Crippen LogP contribution < -0.4 is 5.73 Å². The van der Waals surface area contributed by atoms with E-state index < -0.39 is 0 Å². The molecule has 2 rings (SSSR count). The van der Waals surface area contributed by atoms with E-state index in [1.165, 1.54) is 0 Å². The maximum atomic E-state index is 12.0. The molecule has 2 aromatic rings. The van der Waals surface area contributed by atoms with E-state index in [0.29, 0.717) is 11.3 Å². The Morgan fingerprint density at radius 1 is 1.40 bits per heavy atom. The minimum absolute atomic E-state index is 0.160. The van der Waals surface area contributed by atoms with E-state index in [9.17, 15) is 4.79 Å². The number of carbonyl (C=O) groups is 1. The van der Waals surface area contributed by atoms with E-state index >= 15 is 0 Å². The number of carbonyl (C=O) groups excluding carboxylic acids is 1. The van der Waals surface area contributed by atoms with Gasteiger partial charge in [0.05, 0.1) is 11.3 Å². The van der Waals surface area contributed by atoms with Crippen molar-refractivity contribution in [2.75, 3.05) is 5.73 Å². The lowest BCUT2D eigenvalue weighted by Gasteiger charge is -2.08. The summed E-state index contributed by atoms with van der Waals surface area (Å²) in [5.74, 6) is -0.381. The number of aromatic nitrogens is 2. The highest BCUT2D eigenvalue weighted by Gasteiger charge is 2.13. The van der Waals surface area contributed by atoms with Crippen LogP contribution in [0.3, 0.4) is 0 Å². The van der Waals surface area contributed by atoms with Gasteiger partial charge < -0.3 is 10.5 Å². The Kier molecular flexibility index (Phi) is 4.08. The molecule has 1 heterocycles. The summed E-state index contributed by atoms with van der Waals surface area (Å²) in [6.07, 6.45) is 1.87. The molecule has 20 heavy (non-hydrogen) atoms. The molecule has 106 valence electrons. The molecule has 0 spiro atoms. The predicted molar refractivity (Wildman–Crippen MR) is 77.3 cm³/mol. The average molecular weight is 273 g/mol. The Labute approximate surface area is 118 Å². The van der Waals surface area contributed by atoms with Crippen molar-refractivity contribution < 1.29 is 9.53 Å². The summed E-state index contributed by atoms with van der Waals surface area (Å²) in [5.41, 5.74) is 8.33. The van der Waals surface area contributed by atoms with Crippen LogP contribution in [0.25, 0.3) is 0 Å². The maximum absolute atomic E-state index is 12.0. The molecule has 0 aliphatic carbocycles. The van der Waals surface area contributed by atoms with Gasteiger partial charge in [0, 0.05) is 17.9 Å². The van der Waals surface area contributed by atoms with Crippen molar-refractivity contribution in [1.29, 1.82) is 0 Å². The first-order valence-electron chi connectivity index (χ1n) is 6.55. The summed E-state index contributed by atoms with van der Waals surface area (Å²) in [5, 5.41) is 4.33. The van der Waals surface area contributed by atoms with E-state index in [2.05, 4.69) is 5.10 Å². The summed E-state index contributed by atoms with van der Waals surface area (Å²) in [4.78, 5) is 12.0. The van der Waals surface area contributed by atoms with Gasteiger partial charge in [0.1, 0.15) is 6.61 Å². The molecule has 0 unspecified atom stereocenters. The van der Waals surface area contributed by atoms with Crippen molar-refractivity contribution in [2.24, 2.45) is 0 Å². The molecule has 0 amide bonds. The second-order valence-corrected chi connectivity index (χ2v) is 4.98. The lowest BCUT2D eigenvalue weighted by Crippen LogP contribution is -2.09. The smallest absolute Gasteiger partial charge is 0.338 e. The van der Waals surface area contributed by atoms with Crippen LogP contribution in [0.1, 0.15) is 41.5 Å². The van der Waals surface area contributed by atoms with Crippen LogP contribution in [-0.2, 0) is 11.3 Å².